The number of rotatable bonds is 10. The van der Waals surface area contributed by atoms with Crippen LogP contribution in [0.3, 0.4) is 0 Å². The summed E-state index contributed by atoms with van der Waals surface area (Å²) in [5.41, 5.74) is 6.57. The number of halogens is 1. The lowest BCUT2D eigenvalue weighted by atomic mass is 9.84. The highest BCUT2D eigenvalue weighted by atomic mass is 35.5. The van der Waals surface area contributed by atoms with Gasteiger partial charge in [0, 0.05) is 4.88 Å². The largest absolute Gasteiger partial charge is 0.493 e. The number of methoxy groups -OCH3 is 2. The Labute approximate surface area is 215 Å². The predicted molar refractivity (Wildman–Crippen MR) is 138 cm³/mol. The molecule has 0 saturated heterocycles. The van der Waals surface area contributed by atoms with Gasteiger partial charge in [-0.05, 0) is 42.2 Å². The van der Waals surface area contributed by atoms with Crippen LogP contribution in [0.1, 0.15) is 49.0 Å². The molecule has 10 heteroatoms. The zero-order chi connectivity index (χ0) is 25.4. The summed E-state index contributed by atoms with van der Waals surface area (Å²) >= 11 is 7.40. The number of nitrogens with one attached hydrogen (secondary N) is 2. The average molecular weight is 521 g/mol. The van der Waals surface area contributed by atoms with E-state index in [1.807, 2.05) is 6.07 Å². The van der Waals surface area contributed by atoms with Crippen molar-refractivity contribution < 1.29 is 19.1 Å². The summed E-state index contributed by atoms with van der Waals surface area (Å²) in [5.74, 6) is 0.168. The zero-order valence-corrected chi connectivity index (χ0v) is 21.7. The van der Waals surface area contributed by atoms with Gasteiger partial charge in [-0.2, -0.15) is 0 Å². The maximum absolute atomic E-state index is 13.4. The second kappa shape index (κ2) is 12.8. The van der Waals surface area contributed by atoms with Crippen molar-refractivity contribution in [2.75, 3.05) is 14.2 Å². The minimum Gasteiger partial charge on any atom is -0.493 e. The Balaban J connectivity index is 1.81. The summed E-state index contributed by atoms with van der Waals surface area (Å²) in [6.07, 6.45) is 5.82. The number of thiophene rings is 1. The van der Waals surface area contributed by atoms with Gasteiger partial charge in [-0.15, -0.1) is 11.3 Å². The number of nitrogens with zero attached hydrogens (tertiary/aromatic N) is 1. The Morgan fingerprint density at radius 3 is 2.49 bits per heavy atom. The molecule has 190 valence electrons. The standard InChI is InChI=1S/C25H33ClN4O4S/c1-33-20-10-8-17(13-21(20)34-2)14-23(31)30(25(27)28)19(12-16-6-4-3-5-7-16)24(32)29-15-18-9-11-22(26)35-18/h8-11,13,16,19H,3-7,12,14-15H2,1-2H3,(H3,27,28)(H,29,32)/t19-/m1/s1. The topological polar surface area (TPSA) is 118 Å². The number of guanidine groups is 1. The van der Waals surface area contributed by atoms with Gasteiger partial charge >= 0.3 is 0 Å². The average Bonchev–Trinajstić information content (AvgIpc) is 3.27. The number of benzene rings is 1. The van der Waals surface area contributed by atoms with Gasteiger partial charge in [0.15, 0.2) is 17.5 Å². The van der Waals surface area contributed by atoms with Crippen LogP contribution < -0.4 is 20.5 Å². The van der Waals surface area contributed by atoms with Crippen molar-refractivity contribution in [3.05, 3.63) is 45.1 Å². The highest BCUT2D eigenvalue weighted by Crippen LogP contribution is 2.30. The molecular weight excluding hydrogens is 488 g/mol. The Morgan fingerprint density at radius 1 is 1.17 bits per heavy atom. The molecule has 1 atom stereocenters. The van der Waals surface area contributed by atoms with Gasteiger partial charge in [0.05, 0.1) is 31.5 Å². The van der Waals surface area contributed by atoms with E-state index in [0.29, 0.717) is 40.3 Å². The summed E-state index contributed by atoms with van der Waals surface area (Å²) in [7, 11) is 3.06. The molecule has 0 aliphatic heterocycles. The van der Waals surface area contributed by atoms with Crippen LogP contribution in [0.4, 0.5) is 0 Å². The van der Waals surface area contributed by atoms with E-state index < -0.39 is 17.9 Å². The smallest absolute Gasteiger partial charge is 0.243 e. The first-order chi connectivity index (χ1) is 16.8. The first-order valence-electron chi connectivity index (χ1n) is 11.7. The predicted octanol–water partition coefficient (Wildman–Crippen LogP) is 4.34. The number of amides is 2. The highest BCUT2D eigenvalue weighted by Gasteiger charge is 2.34. The third kappa shape index (κ3) is 7.35. The van der Waals surface area contributed by atoms with Gasteiger partial charge in [0.25, 0.3) is 0 Å². The molecule has 1 aliphatic carbocycles. The van der Waals surface area contributed by atoms with Crippen molar-refractivity contribution in [3.8, 4) is 11.5 Å². The van der Waals surface area contributed by atoms with E-state index in [2.05, 4.69) is 5.32 Å². The Bertz CT molecular complexity index is 1040. The highest BCUT2D eigenvalue weighted by molar-refractivity contribution is 7.16. The fourth-order valence-electron chi connectivity index (χ4n) is 4.53. The molecule has 0 unspecified atom stereocenters. The third-order valence-corrected chi connectivity index (χ3v) is 7.52. The molecule has 1 aromatic heterocycles. The van der Waals surface area contributed by atoms with E-state index in [1.165, 1.54) is 24.9 Å². The minimum atomic E-state index is -0.862. The Morgan fingerprint density at radius 2 is 1.89 bits per heavy atom. The van der Waals surface area contributed by atoms with Crippen LogP contribution in [-0.2, 0) is 22.6 Å². The van der Waals surface area contributed by atoms with Crippen molar-refractivity contribution in [1.82, 2.24) is 10.2 Å². The molecule has 0 bridgehead atoms. The molecule has 3 rings (SSSR count). The summed E-state index contributed by atoms with van der Waals surface area (Å²) in [6.45, 7) is 0.299. The van der Waals surface area contributed by atoms with Crippen molar-refractivity contribution in [2.45, 2.75) is 57.5 Å². The number of nitrogens with two attached hydrogens (primary N) is 1. The first kappa shape index (κ1) is 26.8. The summed E-state index contributed by atoms with van der Waals surface area (Å²) in [4.78, 5) is 28.8. The van der Waals surface area contributed by atoms with Crippen LogP contribution in [0.25, 0.3) is 0 Å². The Kier molecular flexibility index (Phi) is 9.80. The fraction of sp³-hybridized carbons (Fsp3) is 0.480. The lowest BCUT2D eigenvalue weighted by Gasteiger charge is -2.33. The molecule has 1 fully saturated rings. The second-order valence-electron chi connectivity index (χ2n) is 8.69. The Hall–Kier alpha value is -2.78. The number of hydrogen-bond donors (Lipinski definition) is 3. The van der Waals surface area contributed by atoms with Crippen molar-refractivity contribution in [3.63, 3.8) is 0 Å². The molecule has 4 N–H and O–H groups in total. The molecule has 2 amide bonds. The second-order valence-corrected chi connectivity index (χ2v) is 10.5. The van der Waals surface area contributed by atoms with Gasteiger partial charge < -0.3 is 20.5 Å². The van der Waals surface area contributed by atoms with Crippen LogP contribution in [0.15, 0.2) is 30.3 Å². The number of carbonyl (C=O) groups is 2. The van der Waals surface area contributed by atoms with Gasteiger partial charge in [0.1, 0.15) is 6.04 Å². The summed E-state index contributed by atoms with van der Waals surface area (Å²) in [6, 6.07) is 7.97. The van der Waals surface area contributed by atoms with Crippen molar-refractivity contribution >= 4 is 40.7 Å². The van der Waals surface area contributed by atoms with Crippen LogP contribution in [0, 0.1) is 11.3 Å². The van der Waals surface area contributed by atoms with E-state index >= 15 is 0 Å². The number of ether oxygens (including phenoxy) is 2. The molecule has 1 saturated carbocycles. The fourth-order valence-corrected chi connectivity index (χ4v) is 5.56. The summed E-state index contributed by atoms with van der Waals surface area (Å²) in [5, 5.41) is 11.1. The van der Waals surface area contributed by atoms with E-state index in [1.54, 1.807) is 31.4 Å². The number of carbonyl (C=O) groups excluding carboxylic acids is 2. The minimum absolute atomic E-state index is 0.0328. The monoisotopic (exact) mass is 520 g/mol. The third-order valence-electron chi connectivity index (χ3n) is 6.29. The zero-order valence-electron chi connectivity index (χ0n) is 20.1. The molecular formula is C25H33ClN4O4S. The van der Waals surface area contributed by atoms with Crippen LogP contribution in [0.5, 0.6) is 11.5 Å². The van der Waals surface area contributed by atoms with E-state index in [0.717, 1.165) is 35.5 Å². The van der Waals surface area contributed by atoms with Crippen LogP contribution >= 0.6 is 22.9 Å². The van der Waals surface area contributed by atoms with Gasteiger partial charge in [0.2, 0.25) is 11.8 Å². The van der Waals surface area contributed by atoms with Crippen molar-refractivity contribution in [2.24, 2.45) is 11.7 Å². The van der Waals surface area contributed by atoms with Crippen molar-refractivity contribution in [1.29, 1.82) is 5.41 Å². The molecule has 0 radical (unpaired) electrons. The molecule has 1 heterocycles. The van der Waals surface area contributed by atoms with Crippen LogP contribution in [-0.4, -0.2) is 42.9 Å². The van der Waals surface area contributed by atoms with E-state index in [-0.39, 0.29) is 12.3 Å². The van der Waals surface area contributed by atoms with E-state index in [9.17, 15) is 9.59 Å². The van der Waals surface area contributed by atoms with Crippen LogP contribution in [0.2, 0.25) is 4.34 Å². The lowest BCUT2D eigenvalue weighted by molar-refractivity contribution is -0.136. The first-order valence-corrected chi connectivity index (χ1v) is 12.9. The SMILES string of the molecule is COc1ccc(CC(=O)N(C(=N)N)[C@H](CC2CCCCC2)C(=O)NCc2ccc(Cl)s2)cc1OC. The molecule has 1 aromatic carbocycles. The number of hydrogen-bond acceptors (Lipinski definition) is 6. The quantitative estimate of drug-likeness (QED) is 0.318. The molecule has 2 aromatic rings. The lowest BCUT2D eigenvalue weighted by Crippen LogP contribution is -2.55. The molecule has 1 aliphatic rings. The molecule has 8 nitrogen and oxygen atoms in total. The molecule has 0 spiro atoms. The van der Waals surface area contributed by atoms with Gasteiger partial charge in [-0.1, -0.05) is 49.8 Å². The van der Waals surface area contributed by atoms with Gasteiger partial charge in [-0.3, -0.25) is 19.9 Å². The summed E-state index contributed by atoms with van der Waals surface area (Å²) < 4.78 is 11.2. The maximum Gasteiger partial charge on any atom is 0.243 e. The normalized spacial score (nSPS) is 14.7. The maximum atomic E-state index is 13.4. The molecule has 35 heavy (non-hydrogen) atoms. The van der Waals surface area contributed by atoms with E-state index in [4.69, 9.17) is 32.2 Å². The van der Waals surface area contributed by atoms with Gasteiger partial charge in [-0.25, -0.2) is 0 Å².